The molecule has 8 nitrogen and oxygen atoms in total. The number of hydrogen-bond donors (Lipinski definition) is 3. The summed E-state index contributed by atoms with van der Waals surface area (Å²) in [6, 6.07) is 6.99. The van der Waals surface area contributed by atoms with Crippen LogP contribution in [0.3, 0.4) is 0 Å². The number of anilines is 1. The number of carbonyl (C=O) groups is 2. The lowest BCUT2D eigenvalue weighted by Crippen LogP contribution is -2.21. The number of amides is 1. The van der Waals surface area contributed by atoms with Crippen LogP contribution in [0.1, 0.15) is 9.67 Å². The zero-order valence-electron chi connectivity index (χ0n) is 16.8. The molecule has 3 rings (SSSR count). The minimum Gasteiger partial charge on any atom is -0.492 e. The van der Waals surface area contributed by atoms with Crippen molar-refractivity contribution in [2.75, 3.05) is 18.5 Å². The van der Waals surface area contributed by atoms with Gasteiger partial charge in [-0.3, -0.25) is 9.48 Å². The summed E-state index contributed by atoms with van der Waals surface area (Å²) < 4.78 is 39.1. The number of hydrogen-bond acceptors (Lipinski definition) is 6. The van der Waals surface area contributed by atoms with Crippen molar-refractivity contribution in [2.24, 2.45) is 12.8 Å². The van der Waals surface area contributed by atoms with E-state index in [9.17, 15) is 18.0 Å². The third kappa shape index (κ3) is 7.09. The molecule has 0 aliphatic heterocycles. The number of rotatable bonds is 6. The number of nitrogens with one attached hydrogen (secondary N) is 1. The molecule has 33 heavy (non-hydrogen) atoms. The van der Waals surface area contributed by atoms with Crippen LogP contribution in [-0.4, -0.2) is 46.1 Å². The van der Waals surface area contributed by atoms with E-state index in [1.54, 1.807) is 47.6 Å². The second-order valence-electron chi connectivity index (χ2n) is 6.17. The van der Waals surface area contributed by atoms with Gasteiger partial charge < -0.3 is 20.9 Å². The molecule has 0 atom stereocenters. The molecule has 3 aromatic rings. The van der Waals surface area contributed by atoms with Gasteiger partial charge in [0.05, 0.1) is 21.9 Å². The zero-order valence-corrected chi connectivity index (χ0v) is 19.1. The Hall–Kier alpha value is -2.80. The van der Waals surface area contributed by atoms with Gasteiger partial charge in [0, 0.05) is 24.8 Å². The molecule has 0 radical (unpaired) electrons. The summed E-state index contributed by atoms with van der Waals surface area (Å²) in [7, 11) is 1.78. The van der Waals surface area contributed by atoms with Crippen LogP contribution in [0.2, 0.25) is 10.0 Å². The molecule has 0 saturated carbocycles. The van der Waals surface area contributed by atoms with E-state index in [-0.39, 0.29) is 5.91 Å². The molecule has 14 heteroatoms. The first-order valence-electron chi connectivity index (χ1n) is 8.95. The third-order valence-corrected chi connectivity index (χ3v) is 5.44. The fourth-order valence-electron chi connectivity index (χ4n) is 2.44. The van der Waals surface area contributed by atoms with Crippen molar-refractivity contribution in [1.82, 2.24) is 9.78 Å². The summed E-state index contributed by atoms with van der Waals surface area (Å²) in [5.41, 5.74) is 7.51. The SMILES string of the molecule is Cn1ncc(Cl)c1-c1cc(NC(=O)c2sccc2Cl)ccc1OCCN.O=C(O)C(F)(F)F. The molecule has 2 aromatic heterocycles. The quantitative estimate of drug-likeness (QED) is 0.430. The van der Waals surface area contributed by atoms with Crippen LogP contribution in [0, 0.1) is 0 Å². The second kappa shape index (κ2) is 11.4. The van der Waals surface area contributed by atoms with Crippen molar-refractivity contribution in [3.63, 3.8) is 0 Å². The minimum atomic E-state index is -5.08. The van der Waals surface area contributed by atoms with Crippen molar-refractivity contribution in [3.8, 4) is 17.0 Å². The van der Waals surface area contributed by atoms with Crippen LogP contribution in [0.5, 0.6) is 5.75 Å². The standard InChI is InChI=1S/C17H16Cl2N4O2S.C2HF3O2/c1-23-15(13(19)9-21-23)11-8-10(2-3-14(11)25-6-5-20)22-17(24)16-12(18)4-7-26-16;3-2(4,5)1(6)7/h2-4,7-9H,5-6,20H2,1H3,(H,22,24);(H,6,7). The van der Waals surface area contributed by atoms with Crippen LogP contribution in [0.25, 0.3) is 11.3 Å². The number of carboxylic acids is 1. The summed E-state index contributed by atoms with van der Waals surface area (Å²) in [6.07, 6.45) is -3.53. The van der Waals surface area contributed by atoms with Gasteiger partial charge in [0.25, 0.3) is 5.91 Å². The van der Waals surface area contributed by atoms with Crippen molar-refractivity contribution < 1.29 is 32.6 Å². The van der Waals surface area contributed by atoms with Crippen LogP contribution in [0.4, 0.5) is 18.9 Å². The Balaban J connectivity index is 0.000000479. The van der Waals surface area contributed by atoms with E-state index in [4.69, 9.17) is 43.6 Å². The predicted molar refractivity (Wildman–Crippen MR) is 119 cm³/mol. The highest BCUT2D eigenvalue weighted by Crippen LogP contribution is 2.37. The van der Waals surface area contributed by atoms with Crippen LogP contribution in [0.15, 0.2) is 35.8 Å². The first-order valence-corrected chi connectivity index (χ1v) is 10.6. The molecular formula is C19H17Cl2F3N4O4S. The molecule has 0 aliphatic rings. The molecule has 0 spiro atoms. The lowest BCUT2D eigenvalue weighted by Gasteiger charge is -2.14. The number of benzene rings is 1. The number of alkyl halides is 3. The third-order valence-electron chi connectivity index (χ3n) is 3.83. The van der Waals surface area contributed by atoms with E-state index in [1.165, 1.54) is 11.3 Å². The zero-order chi connectivity index (χ0) is 24.8. The van der Waals surface area contributed by atoms with Crippen LogP contribution < -0.4 is 15.8 Å². The van der Waals surface area contributed by atoms with Gasteiger partial charge in [-0.15, -0.1) is 11.3 Å². The van der Waals surface area contributed by atoms with E-state index >= 15 is 0 Å². The van der Waals surface area contributed by atoms with Crippen LogP contribution in [-0.2, 0) is 11.8 Å². The molecule has 0 unspecified atom stereocenters. The van der Waals surface area contributed by atoms with Gasteiger partial charge in [0.15, 0.2) is 0 Å². The summed E-state index contributed by atoms with van der Waals surface area (Å²) in [5, 5.41) is 16.8. The van der Waals surface area contributed by atoms with Gasteiger partial charge in [-0.25, -0.2) is 4.79 Å². The number of aliphatic carboxylic acids is 1. The van der Waals surface area contributed by atoms with E-state index in [1.807, 2.05) is 0 Å². The van der Waals surface area contributed by atoms with Crippen LogP contribution >= 0.6 is 34.5 Å². The highest BCUT2D eigenvalue weighted by atomic mass is 35.5. The summed E-state index contributed by atoms with van der Waals surface area (Å²) in [6.45, 7) is 0.743. The average molecular weight is 525 g/mol. The fourth-order valence-corrected chi connectivity index (χ4v) is 3.75. The number of nitrogens with two attached hydrogens (primary N) is 1. The summed E-state index contributed by atoms with van der Waals surface area (Å²) >= 11 is 13.6. The second-order valence-corrected chi connectivity index (χ2v) is 7.90. The Bertz CT molecular complexity index is 1120. The smallest absolute Gasteiger partial charge is 0.490 e. The normalized spacial score (nSPS) is 10.9. The number of aryl methyl sites for hydroxylation is 1. The number of aromatic nitrogens is 2. The number of halogens is 5. The number of thiophene rings is 1. The minimum absolute atomic E-state index is 0.275. The first kappa shape index (κ1) is 26.5. The van der Waals surface area contributed by atoms with Gasteiger partial charge in [-0.1, -0.05) is 23.2 Å². The van der Waals surface area contributed by atoms with Gasteiger partial charge in [-0.05, 0) is 29.6 Å². The molecule has 1 aromatic carbocycles. The highest BCUT2D eigenvalue weighted by Gasteiger charge is 2.38. The van der Waals surface area contributed by atoms with Crippen molar-refractivity contribution in [3.05, 3.63) is 50.8 Å². The maximum atomic E-state index is 12.4. The Morgan fingerprint density at radius 2 is 1.94 bits per heavy atom. The average Bonchev–Trinajstić information content (AvgIpc) is 3.31. The molecule has 0 bridgehead atoms. The summed E-state index contributed by atoms with van der Waals surface area (Å²) in [4.78, 5) is 21.8. The Morgan fingerprint density at radius 1 is 1.27 bits per heavy atom. The van der Waals surface area contributed by atoms with Gasteiger partial charge in [-0.2, -0.15) is 18.3 Å². The van der Waals surface area contributed by atoms with Crippen molar-refractivity contribution in [1.29, 1.82) is 0 Å². The molecule has 0 fully saturated rings. The lowest BCUT2D eigenvalue weighted by molar-refractivity contribution is -0.192. The number of carboxylic acid groups (broad SMARTS) is 1. The molecular weight excluding hydrogens is 508 g/mol. The number of carbonyl (C=O) groups excluding carboxylic acids is 1. The molecule has 4 N–H and O–H groups in total. The van der Waals surface area contributed by atoms with E-state index < -0.39 is 12.1 Å². The van der Waals surface area contributed by atoms with E-state index in [0.717, 1.165) is 0 Å². The Kier molecular flexibility index (Phi) is 9.11. The monoisotopic (exact) mass is 524 g/mol. The maximum Gasteiger partial charge on any atom is 0.490 e. The van der Waals surface area contributed by atoms with E-state index in [2.05, 4.69) is 10.4 Å². The Morgan fingerprint density at radius 3 is 2.42 bits per heavy atom. The first-order chi connectivity index (χ1) is 15.5. The van der Waals surface area contributed by atoms with Gasteiger partial charge in [0.1, 0.15) is 17.2 Å². The molecule has 2 heterocycles. The lowest BCUT2D eigenvalue weighted by atomic mass is 10.1. The largest absolute Gasteiger partial charge is 0.492 e. The molecule has 178 valence electrons. The van der Waals surface area contributed by atoms with Gasteiger partial charge >= 0.3 is 12.1 Å². The maximum absolute atomic E-state index is 12.4. The summed E-state index contributed by atoms with van der Waals surface area (Å²) in [5.74, 6) is -2.43. The topological polar surface area (TPSA) is 119 Å². The van der Waals surface area contributed by atoms with Gasteiger partial charge in [0.2, 0.25) is 0 Å². The predicted octanol–water partition coefficient (Wildman–Crippen LogP) is 4.68. The molecule has 0 saturated heterocycles. The molecule has 1 amide bonds. The highest BCUT2D eigenvalue weighted by molar-refractivity contribution is 7.12. The van der Waals surface area contributed by atoms with Crippen molar-refractivity contribution in [2.45, 2.75) is 6.18 Å². The number of ether oxygens (including phenoxy) is 1. The molecule has 0 aliphatic carbocycles. The van der Waals surface area contributed by atoms with Crippen molar-refractivity contribution >= 4 is 52.1 Å². The number of nitrogens with zero attached hydrogens (tertiary/aromatic N) is 2. The Labute approximate surface area is 199 Å². The fraction of sp³-hybridized carbons (Fsp3) is 0.211. The van der Waals surface area contributed by atoms with E-state index in [0.29, 0.717) is 50.8 Å².